The van der Waals surface area contributed by atoms with Crippen molar-refractivity contribution in [3.05, 3.63) is 32.8 Å². The first-order chi connectivity index (χ1) is 14.0. The Morgan fingerprint density at radius 1 is 1.33 bits per heavy atom. The number of hydrogen-bond acceptors (Lipinski definition) is 4. The molecule has 30 heavy (non-hydrogen) atoms. The van der Waals surface area contributed by atoms with Crippen LogP contribution in [0.1, 0.15) is 64.6 Å². The summed E-state index contributed by atoms with van der Waals surface area (Å²) in [6, 6.07) is 0.219. The van der Waals surface area contributed by atoms with Crippen LogP contribution in [0.15, 0.2) is 11.0 Å². The zero-order chi connectivity index (χ0) is 22.0. The molecule has 8 heteroatoms. The second-order valence-corrected chi connectivity index (χ2v) is 10.5. The minimum absolute atomic E-state index is 0.0964. The SMILES string of the molecule is Cc1nn2c(=O)c(C(C)C)cn(C[C@H]3C[C@H]4C[C@@H]3CN4C(=O)OC(C)(C)C)c2c1Cl. The van der Waals surface area contributed by atoms with Crippen LogP contribution in [0.3, 0.4) is 0 Å². The molecule has 2 bridgehead atoms. The average molecular weight is 435 g/mol. The standard InChI is InChI=1S/C22H31ClN4O3/c1-12(2)17-11-25(19-18(23)13(3)24-27(19)20(17)28)9-14-7-16-8-15(14)10-26(16)21(29)30-22(4,5)6/h11-12,14-16H,7-10H2,1-6H3/t14-,15-,16+/m1/s1. The predicted octanol–water partition coefficient (Wildman–Crippen LogP) is 4.23. The minimum atomic E-state index is -0.482. The molecule has 1 aliphatic heterocycles. The first-order valence-corrected chi connectivity index (χ1v) is 11.1. The highest BCUT2D eigenvalue weighted by atomic mass is 35.5. The molecule has 4 rings (SSSR count). The number of aromatic nitrogens is 3. The molecule has 3 atom stereocenters. The summed E-state index contributed by atoms with van der Waals surface area (Å²) < 4.78 is 9.13. The Hall–Kier alpha value is -2.02. The van der Waals surface area contributed by atoms with Gasteiger partial charge in [-0.25, -0.2) is 4.79 Å². The van der Waals surface area contributed by atoms with Crippen LogP contribution >= 0.6 is 11.6 Å². The second kappa shape index (κ2) is 7.29. The fourth-order valence-electron chi connectivity index (χ4n) is 4.91. The molecule has 0 radical (unpaired) electrons. The van der Waals surface area contributed by atoms with Crippen LogP contribution in [-0.4, -0.2) is 43.4 Å². The molecular formula is C22H31ClN4O3. The van der Waals surface area contributed by atoms with Crippen LogP contribution in [-0.2, 0) is 11.3 Å². The van der Waals surface area contributed by atoms with E-state index in [-0.39, 0.29) is 23.6 Å². The largest absolute Gasteiger partial charge is 0.444 e. The van der Waals surface area contributed by atoms with Gasteiger partial charge in [0.25, 0.3) is 5.56 Å². The van der Waals surface area contributed by atoms with Crippen LogP contribution in [0.2, 0.25) is 5.02 Å². The third-order valence-corrected chi connectivity index (χ3v) is 6.78. The molecule has 1 saturated carbocycles. The van der Waals surface area contributed by atoms with Crippen molar-refractivity contribution < 1.29 is 9.53 Å². The van der Waals surface area contributed by atoms with Gasteiger partial charge in [-0.1, -0.05) is 25.4 Å². The van der Waals surface area contributed by atoms with Crippen LogP contribution in [0.5, 0.6) is 0 Å². The molecule has 1 saturated heterocycles. The van der Waals surface area contributed by atoms with Gasteiger partial charge in [-0.05, 0) is 58.3 Å². The van der Waals surface area contributed by atoms with Crippen molar-refractivity contribution in [3.63, 3.8) is 0 Å². The monoisotopic (exact) mass is 434 g/mol. The molecule has 3 heterocycles. The molecule has 2 aromatic heterocycles. The molecule has 1 amide bonds. The first kappa shape index (κ1) is 21.2. The molecule has 2 aromatic rings. The average Bonchev–Trinajstić information content (AvgIpc) is 3.29. The van der Waals surface area contributed by atoms with Crippen molar-refractivity contribution in [3.8, 4) is 0 Å². The summed E-state index contributed by atoms with van der Waals surface area (Å²) >= 11 is 6.53. The molecule has 0 aromatic carbocycles. The van der Waals surface area contributed by atoms with Gasteiger partial charge in [-0.3, -0.25) is 4.79 Å². The number of nitrogens with zero attached hydrogens (tertiary/aromatic N) is 4. The van der Waals surface area contributed by atoms with Crippen molar-refractivity contribution in [2.75, 3.05) is 6.54 Å². The summed E-state index contributed by atoms with van der Waals surface area (Å²) in [5, 5.41) is 4.92. The fourth-order valence-corrected chi connectivity index (χ4v) is 5.13. The van der Waals surface area contributed by atoms with Crippen LogP contribution in [0.4, 0.5) is 4.79 Å². The zero-order valence-corrected chi connectivity index (χ0v) is 19.4. The Kier molecular flexibility index (Phi) is 5.16. The molecule has 2 aliphatic rings. The highest BCUT2D eigenvalue weighted by molar-refractivity contribution is 6.34. The van der Waals surface area contributed by atoms with Gasteiger partial charge in [0.2, 0.25) is 0 Å². The van der Waals surface area contributed by atoms with E-state index in [9.17, 15) is 9.59 Å². The lowest BCUT2D eigenvalue weighted by atomic mass is 9.94. The molecule has 0 unspecified atom stereocenters. The zero-order valence-electron chi connectivity index (χ0n) is 18.6. The lowest BCUT2D eigenvalue weighted by Gasteiger charge is -2.33. The fraction of sp³-hybridized carbons (Fsp3) is 0.682. The highest BCUT2D eigenvalue weighted by Gasteiger charge is 2.47. The molecular weight excluding hydrogens is 404 g/mol. The predicted molar refractivity (Wildman–Crippen MR) is 116 cm³/mol. The number of carbonyl (C=O) groups excluding carboxylic acids is 1. The summed E-state index contributed by atoms with van der Waals surface area (Å²) in [7, 11) is 0. The molecule has 1 aliphatic carbocycles. The topological polar surface area (TPSA) is 68.8 Å². The van der Waals surface area contributed by atoms with Crippen molar-refractivity contribution in [2.45, 2.75) is 78.5 Å². The lowest BCUT2D eigenvalue weighted by molar-refractivity contribution is 0.0156. The molecule has 2 fully saturated rings. The highest BCUT2D eigenvalue weighted by Crippen LogP contribution is 2.43. The lowest BCUT2D eigenvalue weighted by Crippen LogP contribution is -2.43. The molecule has 0 N–H and O–H groups in total. The van der Waals surface area contributed by atoms with E-state index in [1.54, 1.807) is 0 Å². The van der Waals surface area contributed by atoms with Crippen LogP contribution in [0, 0.1) is 18.8 Å². The number of amides is 1. The summed E-state index contributed by atoms with van der Waals surface area (Å²) in [6.07, 6.45) is 3.68. The quantitative estimate of drug-likeness (QED) is 0.725. The van der Waals surface area contributed by atoms with Crippen molar-refractivity contribution in [1.29, 1.82) is 0 Å². The van der Waals surface area contributed by atoms with Crippen molar-refractivity contribution >= 4 is 23.3 Å². The van der Waals surface area contributed by atoms with E-state index in [4.69, 9.17) is 16.3 Å². The van der Waals surface area contributed by atoms with Crippen molar-refractivity contribution in [1.82, 2.24) is 19.1 Å². The van der Waals surface area contributed by atoms with E-state index in [0.717, 1.165) is 31.5 Å². The normalized spacial score (nSPS) is 23.7. The van der Waals surface area contributed by atoms with Gasteiger partial charge < -0.3 is 14.2 Å². The van der Waals surface area contributed by atoms with Gasteiger partial charge in [0, 0.05) is 30.9 Å². The van der Waals surface area contributed by atoms with Gasteiger partial charge in [0.1, 0.15) is 10.6 Å². The summed E-state index contributed by atoms with van der Waals surface area (Å²) in [6.45, 7) is 13.0. The Bertz CT molecular complexity index is 1050. The Labute approximate surface area is 181 Å². The molecule has 0 spiro atoms. The number of ether oxygens (including phenoxy) is 1. The van der Waals surface area contributed by atoms with Crippen LogP contribution < -0.4 is 5.56 Å². The number of hydrogen-bond donors (Lipinski definition) is 0. The van der Waals surface area contributed by atoms with Gasteiger partial charge in [0.15, 0.2) is 5.65 Å². The van der Waals surface area contributed by atoms with E-state index >= 15 is 0 Å². The van der Waals surface area contributed by atoms with Crippen LogP contribution in [0.25, 0.3) is 5.65 Å². The molecule has 164 valence electrons. The Morgan fingerprint density at radius 2 is 2.03 bits per heavy atom. The van der Waals surface area contributed by atoms with E-state index < -0.39 is 5.60 Å². The number of likely N-dealkylation sites (tertiary alicyclic amines) is 1. The first-order valence-electron chi connectivity index (χ1n) is 10.7. The summed E-state index contributed by atoms with van der Waals surface area (Å²) in [5.74, 6) is 0.942. The van der Waals surface area contributed by atoms with E-state index in [1.807, 2.05) is 52.6 Å². The smallest absolute Gasteiger partial charge is 0.410 e. The van der Waals surface area contributed by atoms with Gasteiger partial charge in [0.05, 0.1) is 5.69 Å². The second-order valence-electron chi connectivity index (χ2n) is 10.1. The number of halogens is 1. The van der Waals surface area contributed by atoms with Gasteiger partial charge in [-0.15, -0.1) is 0 Å². The number of aryl methyl sites for hydroxylation is 1. The maximum Gasteiger partial charge on any atom is 0.410 e. The van der Waals surface area contributed by atoms with Crippen molar-refractivity contribution in [2.24, 2.45) is 11.8 Å². The molecule has 7 nitrogen and oxygen atoms in total. The number of rotatable bonds is 3. The van der Waals surface area contributed by atoms with Gasteiger partial charge >= 0.3 is 6.09 Å². The third kappa shape index (κ3) is 3.61. The number of fused-ring (bicyclic) bond motifs is 3. The van der Waals surface area contributed by atoms with E-state index in [2.05, 4.69) is 9.67 Å². The minimum Gasteiger partial charge on any atom is -0.444 e. The maximum atomic E-state index is 12.9. The number of piperidine rings is 1. The Balaban J connectivity index is 1.59. The van der Waals surface area contributed by atoms with Gasteiger partial charge in [-0.2, -0.15) is 9.61 Å². The summed E-state index contributed by atoms with van der Waals surface area (Å²) in [4.78, 5) is 27.3. The number of carbonyl (C=O) groups is 1. The van der Waals surface area contributed by atoms with E-state index in [1.165, 1.54) is 4.52 Å². The summed E-state index contributed by atoms with van der Waals surface area (Å²) in [5.41, 5.74) is 1.47. The van der Waals surface area contributed by atoms with E-state index in [0.29, 0.717) is 28.2 Å². The maximum absolute atomic E-state index is 12.9. The third-order valence-electron chi connectivity index (χ3n) is 6.34. The Morgan fingerprint density at radius 3 is 2.60 bits per heavy atom.